The van der Waals surface area contributed by atoms with E-state index in [0.717, 1.165) is 12.8 Å². The molecule has 0 aliphatic rings. The molecule has 2 rings (SSSR count). The van der Waals surface area contributed by atoms with Crippen LogP contribution in [0.1, 0.15) is 30.3 Å². The number of benzene rings is 1. The Morgan fingerprint density at radius 2 is 2.00 bits per heavy atom. The first-order valence-electron chi connectivity index (χ1n) is 6.48. The molecule has 3 nitrogen and oxygen atoms in total. The van der Waals surface area contributed by atoms with Gasteiger partial charge >= 0.3 is 0 Å². The second-order valence-corrected chi connectivity index (χ2v) is 4.98. The smallest absolute Gasteiger partial charge is 0.226 e. The molecule has 5 heteroatoms. The summed E-state index contributed by atoms with van der Waals surface area (Å²) in [6.45, 7) is 5.52. The third kappa shape index (κ3) is 3.25. The van der Waals surface area contributed by atoms with Crippen molar-refractivity contribution in [3.63, 3.8) is 0 Å². The van der Waals surface area contributed by atoms with Crippen molar-refractivity contribution in [3.05, 3.63) is 46.1 Å². The van der Waals surface area contributed by atoms with E-state index >= 15 is 0 Å². The highest BCUT2D eigenvalue weighted by Gasteiger charge is 2.12. The van der Waals surface area contributed by atoms with Crippen LogP contribution in [0, 0.1) is 19.7 Å². The summed E-state index contributed by atoms with van der Waals surface area (Å²) in [6.07, 6.45) is 1.66. The molecule has 0 spiro atoms. The van der Waals surface area contributed by atoms with Gasteiger partial charge in [0.05, 0.1) is 0 Å². The zero-order chi connectivity index (χ0) is 14.7. The third-order valence-electron chi connectivity index (χ3n) is 2.91. The Hall–Kier alpha value is -1.68. The van der Waals surface area contributed by atoms with Crippen molar-refractivity contribution in [2.45, 2.75) is 33.6 Å². The van der Waals surface area contributed by atoms with E-state index in [2.05, 4.69) is 9.97 Å². The van der Waals surface area contributed by atoms with Gasteiger partial charge in [-0.15, -0.1) is 0 Å². The number of ether oxygens (including phenoxy) is 1. The van der Waals surface area contributed by atoms with Gasteiger partial charge in [0.2, 0.25) is 5.88 Å². The van der Waals surface area contributed by atoms with Crippen LogP contribution in [0.4, 0.5) is 4.39 Å². The summed E-state index contributed by atoms with van der Waals surface area (Å²) in [5.41, 5.74) is 1.20. The van der Waals surface area contributed by atoms with Crippen molar-refractivity contribution in [2.75, 3.05) is 0 Å². The summed E-state index contributed by atoms with van der Waals surface area (Å²) in [6, 6.07) is 4.57. The third-order valence-corrected chi connectivity index (χ3v) is 3.27. The minimum absolute atomic E-state index is 0.263. The minimum atomic E-state index is -0.263. The first kappa shape index (κ1) is 14.7. The van der Waals surface area contributed by atoms with Crippen LogP contribution in [0.2, 0.25) is 5.15 Å². The number of aromatic nitrogens is 2. The fourth-order valence-corrected chi connectivity index (χ4v) is 1.92. The van der Waals surface area contributed by atoms with E-state index in [0.29, 0.717) is 33.7 Å². The molecule has 0 saturated heterocycles. The lowest BCUT2D eigenvalue weighted by Gasteiger charge is -2.11. The summed E-state index contributed by atoms with van der Waals surface area (Å²) < 4.78 is 19.0. The lowest BCUT2D eigenvalue weighted by molar-refractivity contribution is 0.452. The predicted octanol–water partition coefficient (Wildman–Crippen LogP) is 4.63. The first-order valence-corrected chi connectivity index (χ1v) is 6.86. The van der Waals surface area contributed by atoms with E-state index in [9.17, 15) is 4.39 Å². The highest BCUT2D eigenvalue weighted by molar-refractivity contribution is 6.30. The number of aryl methyl sites for hydroxylation is 2. The molecule has 0 saturated carbocycles. The van der Waals surface area contributed by atoms with E-state index in [4.69, 9.17) is 16.3 Å². The molecule has 0 fully saturated rings. The molecule has 2 aromatic rings. The molecular formula is C15H16ClFN2O. The van der Waals surface area contributed by atoms with Crippen LogP contribution >= 0.6 is 11.6 Å². The summed E-state index contributed by atoms with van der Waals surface area (Å²) >= 11 is 6.09. The van der Waals surface area contributed by atoms with Gasteiger partial charge in [-0.05, 0) is 44.0 Å². The maximum atomic E-state index is 13.2. The Bertz CT molecular complexity index is 632. The highest BCUT2D eigenvalue weighted by atomic mass is 35.5. The zero-order valence-electron chi connectivity index (χ0n) is 11.7. The average Bonchev–Trinajstić information content (AvgIpc) is 2.40. The Balaban J connectivity index is 2.34. The van der Waals surface area contributed by atoms with Gasteiger partial charge < -0.3 is 4.74 Å². The fraction of sp³-hybridized carbons (Fsp3) is 0.333. The first-order chi connectivity index (χ1) is 9.51. The molecule has 0 atom stereocenters. The molecule has 0 amide bonds. The molecule has 106 valence electrons. The van der Waals surface area contributed by atoms with Crippen LogP contribution < -0.4 is 4.74 Å². The van der Waals surface area contributed by atoms with Gasteiger partial charge in [-0.25, -0.2) is 9.37 Å². The van der Waals surface area contributed by atoms with Gasteiger partial charge in [0.1, 0.15) is 22.5 Å². The Morgan fingerprint density at radius 3 is 2.65 bits per heavy atom. The van der Waals surface area contributed by atoms with Crippen molar-refractivity contribution >= 4 is 11.6 Å². The van der Waals surface area contributed by atoms with Gasteiger partial charge in [0.25, 0.3) is 0 Å². The number of rotatable bonds is 4. The summed E-state index contributed by atoms with van der Waals surface area (Å²) in [7, 11) is 0. The molecule has 0 unspecified atom stereocenters. The summed E-state index contributed by atoms with van der Waals surface area (Å²) in [5.74, 6) is 1.34. The standard InChI is InChI=1S/C15H16ClFN2O/c1-4-5-13-18-14(16)10(3)15(19-13)20-11-6-7-12(17)9(2)8-11/h6-8H,4-5H2,1-3H3. The lowest BCUT2D eigenvalue weighted by atomic mass is 10.2. The maximum absolute atomic E-state index is 13.2. The van der Waals surface area contributed by atoms with E-state index in [1.54, 1.807) is 26.0 Å². The summed E-state index contributed by atoms with van der Waals surface area (Å²) in [5, 5.41) is 0.386. The quantitative estimate of drug-likeness (QED) is 0.771. The van der Waals surface area contributed by atoms with Crippen LogP contribution in [0.25, 0.3) is 0 Å². The van der Waals surface area contributed by atoms with Gasteiger partial charge in [0.15, 0.2) is 0 Å². The molecular weight excluding hydrogens is 279 g/mol. The van der Waals surface area contributed by atoms with E-state index in [1.807, 2.05) is 6.92 Å². The molecule has 20 heavy (non-hydrogen) atoms. The number of hydrogen-bond donors (Lipinski definition) is 0. The van der Waals surface area contributed by atoms with Crippen molar-refractivity contribution < 1.29 is 9.13 Å². The van der Waals surface area contributed by atoms with Crippen LogP contribution in [-0.4, -0.2) is 9.97 Å². The topological polar surface area (TPSA) is 35.0 Å². The van der Waals surface area contributed by atoms with E-state index in [-0.39, 0.29) is 5.82 Å². The van der Waals surface area contributed by atoms with Gasteiger partial charge in [0, 0.05) is 12.0 Å². The van der Waals surface area contributed by atoms with Gasteiger partial charge in [-0.3, -0.25) is 0 Å². The van der Waals surface area contributed by atoms with Crippen molar-refractivity contribution in [1.29, 1.82) is 0 Å². The van der Waals surface area contributed by atoms with Gasteiger partial charge in [-0.2, -0.15) is 4.98 Å². The zero-order valence-corrected chi connectivity index (χ0v) is 12.5. The second kappa shape index (κ2) is 6.18. The van der Waals surface area contributed by atoms with E-state index < -0.39 is 0 Å². The highest BCUT2D eigenvalue weighted by Crippen LogP contribution is 2.28. The molecule has 0 N–H and O–H groups in total. The fourth-order valence-electron chi connectivity index (χ4n) is 1.74. The molecule has 0 bridgehead atoms. The molecule has 0 aliphatic carbocycles. The monoisotopic (exact) mass is 294 g/mol. The number of hydrogen-bond acceptors (Lipinski definition) is 3. The summed E-state index contributed by atoms with van der Waals surface area (Å²) in [4.78, 5) is 8.57. The SMILES string of the molecule is CCCc1nc(Cl)c(C)c(Oc2ccc(F)c(C)c2)n1. The Kier molecular flexibility index (Phi) is 4.55. The van der Waals surface area contributed by atoms with Crippen molar-refractivity contribution in [1.82, 2.24) is 9.97 Å². The van der Waals surface area contributed by atoms with E-state index in [1.165, 1.54) is 6.07 Å². The Labute approximate surface area is 122 Å². The van der Waals surface area contributed by atoms with Crippen LogP contribution in [0.3, 0.4) is 0 Å². The largest absolute Gasteiger partial charge is 0.439 e. The van der Waals surface area contributed by atoms with Crippen molar-refractivity contribution in [3.8, 4) is 11.6 Å². The lowest BCUT2D eigenvalue weighted by Crippen LogP contribution is -2.01. The molecule has 1 aromatic heterocycles. The predicted molar refractivity (Wildman–Crippen MR) is 77.0 cm³/mol. The molecule has 0 radical (unpaired) electrons. The number of halogens is 2. The van der Waals surface area contributed by atoms with Gasteiger partial charge in [-0.1, -0.05) is 18.5 Å². The average molecular weight is 295 g/mol. The van der Waals surface area contributed by atoms with Crippen LogP contribution in [0.5, 0.6) is 11.6 Å². The normalized spacial score (nSPS) is 10.7. The maximum Gasteiger partial charge on any atom is 0.226 e. The minimum Gasteiger partial charge on any atom is -0.439 e. The molecule has 1 aromatic carbocycles. The molecule has 1 heterocycles. The number of nitrogens with zero attached hydrogens (tertiary/aromatic N) is 2. The van der Waals surface area contributed by atoms with Crippen LogP contribution in [-0.2, 0) is 6.42 Å². The van der Waals surface area contributed by atoms with Crippen molar-refractivity contribution in [2.24, 2.45) is 0 Å². The second-order valence-electron chi connectivity index (χ2n) is 4.62. The van der Waals surface area contributed by atoms with Crippen LogP contribution in [0.15, 0.2) is 18.2 Å². The molecule has 0 aliphatic heterocycles. The Morgan fingerprint density at radius 1 is 1.25 bits per heavy atom.